The van der Waals surface area contributed by atoms with Gasteiger partial charge in [0.05, 0.1) is 0 Å². The summed E-state index contributed by atoms with van der Waals surface area (Å²) < 4.78 is 0. The summed E-state index contributed by atoms with van der Waals surface area (Å²) in [6.07, 6.45) is 15.4. The van der Waals surface area contributed by atoms with Crippen molar-refractivity contribution in [2.24, 2.45) is 11.8 Å². The molecule has 0 spiro atoms. The highest BCUT2D eigenvalue weighted by Crippen LogP contribution is 2.37. The minimum absolute atomic E-state index is 0. The van der Waals surface area contributed by atoms with Crippen LogP contribution in [0.15, 0.2) is 0 Å². The first-order valence-corrected chi connectivity index (χ1v) is 5.97. The van der Waals surface area contributed by atoms with Crippen LogP contribution in [0.5, 0.6) is 0 Å². The highest BCUT2D eigenvalue weighted by Gasteiger charge is 2.24. The summed E-state index contributed by atoms with van der Waals surface area (Å²) in [6, 6.07) is 0. The first-order valence-electron chi connectivity index (χ1n) is 5.97. The molecule has 1 heteroatoms. The van der Waals surface area contributed by atoms with E-state index in [-0.39, 0.29) is 11.0 Å². The van der Waals surface area contributed by atoms with Gasteiger partial charge in [-0.3, -0.25) is 0 Å². The van der Waals surface area contributed by atoms with Crippen molar-refractivity contribution in [3.63, 3.8) is 0 Å². The van der Waals surface area contributed by atoms with Gasteiger partial charge in [0.2, 0.25) is 0 Å². The second-order valence-corrected chi connectivity index (χ2v) is 4.80. The molecule has 0 aromatic heterocycles. The van der Waals surface area contributed by atoms with E-state index in [0.717, 1.165) is 11.8 Å². The molecule has 2 rings (SSSR count). The normalized spacial score (nSPS) is 26.8. The van der Waals surface area contributed by atoms with Crippen LogP contribution in [0.3, 0.4) is 0 Å². The molecule has 2 fully saturated rings. The zero-order valence-electron chi connectivity index (χ0n) is 8.23. The number of hydrogen-bond acceptors (Lipinski definition) is 0. The summed E-state index contributed by atoms with van der Waals surface area (Å²) in [6.45, 7) is 0. The Morgan fingerprint density at radius 2 is 0.769 bits per heavy atom. The maximum Gasteiger partial charge on any atom is -0.0149 e. The van der Waals surface area contributed by atoms with E-state index in [0.29, 0.717) is 0 Å². The van der Waals surface area contributed by atoms with Gasteiger partial charge in [0.25, 0.3) is 0 Å². The van der Waals surface area contributed by atoms with E-state index in [1.807, 2.05) is 0 Å². The van der Waals surface area contributed by atoms with Crippen molar-refractivity contribution in [1.29, 1.82) is 0 Å². The fourth-order valence-corrected chi connectivity index (χ4v) is 3.21. The first-order chi connectivity index (χ1) is 5.97. The van der Waals surface area contributed by atoms with Gasteiger partial charge in [-0.2, -0.15) is 0 Å². The minimum atomic E-state index is 0. The summed E-state index contributed by atoms with van der Waals surface area (Å²) >= 11 is 0. The maximum absolute atomic E-state index is 1.56. The molecular weight excluding hydrogens is 172 g/mol. The summed E-state index contributed by atoms with van der Waals surface area (Å²) in [5, 5.41) is 0. The second kappa shape index (κ2) is 5.84. The molecule has 2 aliphatic carbocycles. The Morgan fingerprint density at radius 3 is 1.08 bits per heavy atom. The Morgan fingerprint density at radius 1 is 0.462 bits per heavy atom. The largest absolute Gasteiger partial charge is 0.0533 e. The lowest BCUT2D eigenvalue weighted by molar-refractivity contribution is 0.196. The molecule has 0 aromatic carbocycles. The molecule has 0 radical (unpaired) electrons. The molecule has 0 aromatic rings. The van der Waals surface area contributed by atoms with Crippen LogP contribution in [0.1, 0.15) is 64.2 Å². The summed E-state index contributed by atoms with van der Waals surface area (Å²) in [4.78, 5) is 0. The highest BCUT2D eigenvalue weighted by molar-refractivity contribution is 5.75. The van der Waals surface area contributed by atoms with Crippen molar-refractivity contribution in [2.45, 2.75) is 64.2 Å². The van der Waals surface area contributed by atoms with Gasteiger partial charge >= 0.3 is 0 Å². The average molecular weight is 198 g/mol. The molecule has 0 saturated heterocycles. The van der Waals surface area contributed by atoms with Gasteiger partial charge in [-0.1, -0.05) is 64.2 Å². The van der Waals surface area contributed by atoms with Crippen LogP contribution in [-0.2, 0) is 0 Å². The predicted octanol–water partition coefficient (Wildman–Crippen LogP) is 2.70. The topological polar surface area (TPSA) is 0 Å². The van der Waals surface area contributed by atoms with E-state index in [9.17, 15) is 0 Å². The summed E-state index contributed by atoms with van der Waals surface area (Å²) in [5.74, 6) is 2.28. The monoisotopic (exact) mass is 198 g/mol. The molecule has 0 N–H and O–H groups in total. The van der Waals surface area contributed by atoms with Crippen LogP contribution in [0.25, 0.3) is 0 Å². The molecule has 0 amide bonds. The van der Waals surface area contributed by atoms with Crippen molar-refractivity contribution >= 4 is 11.0 Å². The zero-order valence-corrected chi connectivity index (χ0v) is 8.23. The van der Waals surface area contributed by atoms with E-state index in [1.54, 1.807) is 25.7 Å². The standard InChI is InChI=1S/C12H22.H4Si/c1-3-7-11(8-4-1)12-9-5-2-6-10-12;/h11-12H,1-10H2;1H4. The number of rotatable bonds is 1. The Balaban J connectivity index is 0.000000845. The van der Waals surface area contributed by atoms with Crippen molar-refractivity contribution in [3.05, 3.63) is 0 Å². The molecule has 13 heavy (non-hydrogen) atoms. The van der Waals surface area contributed by atoms with Gasteiger partial charge in [0.15, 0.2) is 0 Å². The Labute approximate surface area is 87.5 Å². The minimum Gasteiger partial charge on any atom is -0.0533 e. The lowest BCUT2D eigenvalue weighted by Gasteiger charge is -2.32. The van der Waals surface area contributed by atoms with Crippen molar-refractivity contribution in [2.75, 3.05) is 0 Å². The maximum atomic E-state index is 1.56. The van der Waals surface area contributed by atoms with Gasteiger partial charge in [-0.25, -0.2) is 0 Å². The first kappa shape index (κ1) is 11.3. The van der Waals surface area contributed by atoms with Crippen LogP contribution in [0, 0.1) is 11.8 Å². The van der Waals surface area contributed by atoms with Gasteiger partial charge in [0.1, 0.15) is 0 Å². The number of hydrogen-bond donors (Lipinski definition) is 0. The van der Waals surface area contributed by atoms with Crippen LogP contribution >= 0.6 is 0 Å². The molecule has 0 atom stereocenters. The van der Waals surface area contributed by atoms with Gasteiger partial charge in [-0.05, 0) is 22.8 Å². The van der Waals surface area contributed by atoms with E-state index >= 15 is 0 Å². The fourth-order valence-electron chi connectivity index (χ4n) is 3.21. The third kappa shape index (κ3) is 3.12. The van der Waals surface area contributed by atoms with Gasteiger partial charge in [-0.15, -0.1) is 0 Å². The van der Waals surface area contributed by atoms with Crippen LogP contribution in [-0.4, -0.2) is 11.0 Å². The Hall–Kier alpha value is 0.217. The summed E-state index contributed by atoms with van der Waals surface area (Å²) in [7, 11) is 0. The third-order valence-electron chi connectivity index (χ3n) is 3.97. The van der Waals surface area contributed by atoms with Gasteiger partial charge < -0.3 is 0 Å². The molecule has 0 heterocycles. The van der Waals surface area contributed by atoms with E-state index in [1.165, 1.54) is 38.5 Å². The molecule has 0 aliphatic heterocycles. The molecular formula is C12H26Si. The van der Waals surface area contributed by atoms with Crippen LogP contribution in [0.2, 0.25) is 0 Å². The summed E-state index contributed by atoms with van der Waals surface area (Å²) in [5.41, 5.74) is 0. The molecule has 2 aliphatic rings. The molecule has 78 valence electrons. The fraction of sp³-hybridized carbons (Fsp3) is 1.00. The lowest BCUT2D eigenvalue weighted by atomic mass is 9.73. The SMILES string of the molecule is C1CCC(C2CCCCC2)CC1.[SiH4]. The molecule has 0 nitrogen and oxygen atoms in total. The quantitative estimate of drug-likeness (QED) is 0.568. The lowest BCUT2D eigenvalue weighted by Crippen LogP contribution is -2.20. The second-order valence-electron chi connectivity index (χ2n) is 4.80. The molecule has 0 bridgehead atoms. The Bertz CT molecular complexity index is 105. The van der Waals surface area contributed by atoms with E-state index in [2.05, 4.69) is 0 Å². The molecule has 2 saturated carbocycles. The van der Waals surface area contributed by atoms with Crippen LogP contribution < -0.4 is 0 Å². The van der Waals surface area contributed by atoms with Crippen molar-refractivity contribution < 1.29 is 0 Å². The van der Waals surface area contributed by atoms with Crippen molar-refractivity contribution in [3.8, 4) is 0 Å². The van der Waals surface area contributed by atoms with Crippen molar-refractivity contribution in [1.82, 2.24) is 0 Å². The predicted molar refractivity (Wildman–Crippen MR) is 64.5 cm³/mol. The zero-order chi connectivity index (χ0) is 8.23. The smallest absolute Gasteiger partial charge is 0.0149 e. The molecule has 0 unspecified atom stereocenters. The Kier molecular flexibility index (Phi) is 5.08. The van der Waals surface area contributed by atoms with E-state index < -0.39 is 0 Å². The van der Waals surface area contributed by atoms with E-state index in [4.69, 9.17) is 0 Å². The third-order valence-corrected chi connectivity index (χ3v) is 3.97. The van der Waals surface area contributed by atoms with Crippen LogP contribution in [0.4, 0.5) is 0 Å². The van der Waals surface area contributed by atoms with Gasteiger partial charge in [0, 0.05) is 0 Å². The average Bonchev–Trinajstić information content (AvgIpc) is 2.21. The highest BCUT2D eigenvalue weighted by atomic mass is 28.1.